The molecule has 1 aliphatic heterocycles. The molecule has 0 radical (unpaired) electrons. The average molecular weight is 328 g/mol. The van der Waals surface area contributed by atoms with Gasteiger partial charge in [-0.1, -0.05) is 0 Å². The number of aromatic amines is 1. The summed E-state index contributed by atoms with van der Waals surface area (Å²) in [5.41, 5.74) is 1.75. The van der Waals surface area contributed by atoms with Crippen molar-refractivity contribution in [3.63, 3.8) is 0 Å². The first-order valence-electron chi connectivity index (χ1n) is 7.96. The van der Waals surface area contributed by atoms with Gasteiger partial charge in [0.25, 0.3) is 11.6 Å². The predicted molar refractivity (Wildman–Crippen MR) is 86.4 cm³/mol. The third-order valence-corrected chi connectivity index (χ3v) is 4.31. The summed E-state index contributed by atoms with van der Waals surface area (Å²) in [6.45, 7) is 4.13. The highest BCUT2D eigenvalue weighted by Crippen LogP contribution is 2.13. The van der Waals surface area contributed by atoms with Crippen LogP contribution in [-0.4, -0.2) is 41.9 Å². The molecule has 1 aromatic heterocycles. The van der Waals surface area contributed by atoms with Crippen molar-refractivity contribution in [2.24, 2.45) is 0 Å². The van der Waals surface area contributed by atoms with E-state index in [0.717, 1.165) is 19.6 Å². The lowest BCUT2D eigenvalue weighted by molar-refractivity contribution is -0.917. The van der Waals surface area contributed by atoms with Crippen LogP contribution in [0.3, 0.4) is 0 Å². The summed E-state index contributed by atoms with van der Waals surface area (Å²) >= 11 is 0. The second kappa shape index (κ2) is 7.18. The molecule has 0 aliphatic carbocycles. The molecule has 1 saturated heterocycles. The maximum absolute atomic E-state index is 12.5. The van der Waals surface area contributed by atoms with E-state index < -0.39 is 4.92 Å². The number of carbonyl (C=O) groups excluding carboxylic acids is 1. The van der Waals surface area contributed by atoms with Gasteiger partial charge in [0, 0.05) is 23.8 Å². The first-order chi connectivity index (χ1) is 11.6. The average Bonchev–Trinajstić information content (AvgIpc) is 2.63. The fourth-order valence-corrected chi connectivity index (χ4v) is 2.94. The first kappa shape index (κ1) is 16.1. The Morgan fingerprint density at radius 2 is 1.92 bits per heavy atom. The van der Waals surface area contributed by atoms with Gasteiger partial charge in [0.15, 0.2) is 12.4 Å². The molecule has 124 valence electrons. The minimum atomic E-state index is -0.461. The van der Waals surface area contributed by atoms with Crippen LogP contribution in [0.1, 0.15) is 15.9 Å². The Labute approximate surface area is 139 Å². The van der Waals surface area contributed by atoms with Crippen LogP contribution in [0.4, 0.5) is 5.69 Å². The summed E-state index contributed by atoms with van der Waals surface area (Å²) in [6, 6.07) is 9.89. The number of piperazine rings is 1. The van der Waals surface area contributed by atoms with Gasteiger partial charge < -0.3 is 9.80 Å². The third-order valence-electron chi connectivity index (χ3n) is 4.31. The summed E-state index contributed by atoms with van der Waals surface area (Å²) in [5.74, 6) is -0.0583. The van der Waals surface area contributed by atoms with E-state index in [4.69, 9.17) is 0 Å². The van der Waals surface area contributed by atoms with Crippen LogP contribution in [0.2, 0.25) is 0 Å². The SMILES string of the molecule is O=C(c1ccc([N+](=O)[O-])cc1)N1CC[NH+](Cc2ccc[nH+]c2)CC1. The number of nitro groups is 1. The number of non-ortho nitro benzene ring substituents is 1. The van der Waals surface area contributed by atoms with Crippen molar-refractivity contribution in [2.45, 2.75) is 6.54 Å². The molecule has 0 spiro atoms. The molecule has 1 aliphatic rings. The minimum Gasteiger partial charge on any atom is -0.328 e. The van der Waals surface area contributed by atoms with E-state index in [1.807, 2.05) is 23.4 Å². The molecule has 1 aromatic carbocycles. The molecule has 0 saturated carbocycles. The number of rotatable bonds is 4. The standard InChI is InChI=1S/C17H18N4O3/c22-17(15-3-5-16(6-4-15)21(23)24)20-10-8-19(9-11-20)13-14-2-1-7-18-12-14/h1-7,12H,8-11,13H2/p+2. The molecule has 7 heteroatoms. The topological polar surface area (TPSA) is 82.0 Å². The van der Waals surface area contributed by atoms with Crippen LogP contribution in [0, 0.1) is 10.1 Å². The van der Waals surface area contributed by atoms with E-state index in [1.54, 1.807) is 0 Å². The molecule has 2 heterocycles. The normalized spacial score (nSPS) is 15.2. The molecule has 24 heavy (non-hydrogen) atoms. The molecule has 1 fully saturated rings. The van der Waals surface area contributed by atoms with E-state index in [2.05, 4.69) is 11.1 Å². The van der Waals surface area contributed by atoms with Crippen molar-refractivity contribution in [1.29, 1.82) is 0 Å². The number of aromatic nitrogens is 1. The van der Waals surface area contributed by atoms with Crippen LogP contribution >= 0.6 is 0 Å². The minimum absolute atomic E-state index is 0.000444. The van der Waals surface area contributed by atoms with Gasteiger partial charge in [0.2, 0.25) is 0 Å². The number of hydrogen-bond donors (Lipinski definition) is 1. The van der Waals surface area contributed by atoms with Crippen molar-refractivity contribution in [3.05, 3.63) is 70.0 Å². The second-order valence-electron chi connectivity index (χ2n) is 5.93. The molecule has 0 atom stereocenters. The molecule has 0 bridgehead atoms. The number of quaternary nitrogens is 1. The van der Waals surface area contributed by atoms with Gasteiger partial charge in [0.05, 0.1) is 36.7 Å². The highest BCUT2D eigenvalue weighted by Gasteiger charge is 2.25. The van der Waals surface area contributed by atoms with Crippen molar-refractivity contribution in [2.75, 3.05) is 26.2 Å². The molecular weight excluding hydrogens is 308 g/mol. The number of nitrogens with zero attached hydrogens (tertiary/aromatic N) is 2. The number of hydrogen-bond acceptors (Lipinski definition) is 3. The quantitative estimate of drug-likeness (QED) is 0.631. The largest absolute Gasteiger partial charge is 0.328 e. The number of nitro benzene ring substituents is 1. The van der Waals surface area contributed by atoms with Gasteiger partial charge in [-0.2, -0.15) is 0 Å². The van der Waals surface area contributed by atoms with Gasteiger partial charge in [0.1, 0.15) is 6.54 Å². The fraction of sp³-hybridized carbons (Fsp3) is 0.294. The zero-order valence-corrected chi connectivity index (χ0v) is 13.3. The Morgan fingerprint density at radius 1 is 1.21 bits per heavy atom. The Balaban J connectivity index is 1.56. The number of amides is 1. The van der Waals surface area contributed by atoms with Crippen LogP contribution < -0.4 is 9.88 Å². The lowest BCUT2D eigenvalue weighted by Crippen LogP contribution is -3.13. The maximum atomic E-state index is 12.5. The number of pyridine rings is 1. The van der Waals surface area contributed by atoms with E-state index in [9.17, 15) is 14.9 Å². The van der Waals surface area contributed by atoms with Crippen LogP contribution in [0.5, 0.6) is 0 Å². The summed E-state index contributed by atoms with van der Waals surface area (Å²) in [6.07, 6.45) is 3.89. The lowest BCUT2D eigenvalue weighted by atomic mass is 10.1. The molecule has 1 amide bonds. The molecular formula is C17H20N4O3+2. The highest BCUT2D eigenvalue weighted by molar-refractivity contribution is 5.94. The Morgan fingerprint density at radius 3 is 2.50 bits per heavy atom. The summed E-state index contributed by atoms with van der Waals surface area (Å²) in [5, 5.41) is 10.7. The van der Waals surface area contributed by atoms with E-state index in [-0.39, 0.29) is 11.6 Å². The van der Waals surface area contributed by atoms with Gasteiger partial charge >= 0.3 is 0 Å². The number of H-pyrrole nitrogens is 1. The second-order valence-corrected chi connectivity index (χ2v) is 5.93. The fourth-order valence-electron chi connectivity index (χ4n) is 2.94. The van der Waals surface area contributed by atoms with Gasteiger partial charge in [-0.3, -0.25) is 14.9 Å². The third kappa shape index (κ3) is 3.75. The summed E-state index contributed by atoms with van der Waals surface area (Å²) in [7, 11) is 0. The van der Waals surface area contributed by atoms with Gasteiger partial charge in [-0.15, -0.1) is 0 Å². The predicted octanol–water partition coefficient (Wildman–Crippen LogP) is -0.0502. The Bertz CT molecular complexity index is 710. The van der Waals surface area contributed by atoms with Crippen molar-refractivity contribution in [1.82, 2.24) is 4.90 Å². The molecule has 2 aromatic rings. The van der Waals surface area contributed by atoms with E-state index >= 15 is 0 Å². The monoisotopic (exact) mass is 328 g/mol. The van der Waals surface area contributed by atoms with Crippen LogP contribution in [0.15, 0.2) is 48.8 Å². The number of carbonyl (C=O) groups is 1. The maximum Gasteiger partial charge on any atom is 0.269 e. The highest BCUT2D eigenvalue weighted by atomic mass is 16.6. The lowest BCUT2D eigenvalue weighted by Gasteiger charge is -2.32. The number of nitrogens with one attached hydrogen (secondary N) is 2. The van der Waals surface area contributed by atoms with Crippen LogP contribution in [0.25, 0.3) is 0 Å². The van der Waals surface area contributed by atoms with Crippen molar-refractivity contribution in [3.8, 4) is 0 Å². The zero-order valence-electron chi connectivity index (χ0n) is 13.3. The molecule has 7 nitrogen and oxygen atoms in total. The summed E-state index contributed by atoms with van der Waals surface area (Å²) < 4.78 is 0. The van der Waals surface area contributed by atoms with E-state index in [0.29, 0.717) is 18.7 Å². The smallest absolute Gasteiger partial charge is 0.269 e. The first-order valence-corrected chi connectivity index (χ1v) is 7.96. The summed E-state index contributed by atoms with van der Waals surface area (Å²) in [4.78, 5) is 29.1. The van der Waals surface area contributed by atoms with Gasteiger partial charge in [-0.05, 0) is 18.2 Å². The molecule has 3 rings (SSSR count). The van der Waals surface area contributed by atoms with Crippen molar-refractivity contribution < 1.29 is 19.6 Å². The number of benzene rings is 1. The van der Waals surface area contributed by atoms with Crippen LogP contribution in [-0.2, 0) is 6.54 Å². The Kier molecular flexibility index (Phi) is 4.81. The van der Waals surface area contributed by atoms with Crippen molar-refractivity contribution >= 4 is 11.6 Å². The molecule has 2 N–H and O–H groups in total. The van der Waals surface area contributed by atoms with E-state index in [1.165, 1.54) is 34.7 Å². The Hall–Kier alpha value is -2.80. The zero-order chi connectivity index (χ0) is 16.9. The van der Waals surface area contributed by atoms with Gasteiger partial charge in [-0.25, -0.2) is 4.98 Å². The molecule has 0 unspecified atom stereocenters.